The van der Waals surface area contributed by atoms with Crippen LogP contribution in [0, 0.1) is 6.92 Å². The molecule has 2 heterocycles. The molecule has 1 unspecified atom stereocenters. The van der Waals surface area contributed by atoms with Gasteiger partial charge in [0.2, 0.25) is 0 Å². The van der Waals surface area contributed by atoms with Crippen molar-refractivity contribution in [2.75, 3.05) is 20.6 Å². The zero-order chi connectivity index (χ0) is 17.8. The minimum absolute atomic E-state index is 0.0908. The lowest BCUT2D eigenvalue weighted by Crippen LogP contribution is -2.34. The molecule has 0 bridgehead atoms. The highest BCUT2D eigenvalue weighted by atomic mass is 16.3. The van der Waals surface area contributed by atoms with E-state index in [2.05, 4.69) is 51.6 Å². The Balaban J connectivity index is 1.66. The van der Waals surface area contributed by atoms with E-state index in [0.29, 0.717) is 23.7 Å². The van der Waals surface area contributed by atoms with Crippen LogP contribution in [0.5, 0.6) is 0 Å². The van der Waals surface area contributed by atoms with Crippen LogP contribution in [0.25, 0.3) is 11.5 Å². The van der Waals surface area contributed by atoms with E-state index < -0.39 is 0 Å². The number of likely N-dealkylation sites (N-methyl/N-ethyl adjacent to an activating group) is 1. The molecule has 130 valence electrons. The van der Waals surface area contributed by atoms with Gasteiger partial charge in [0.15, 0.2) is 11.5 Å². The van der Waals surface area contributed by atoms with Crippen molar-refractivity contribution in [2.24, 2.45) is 0 Å². The summed E-state index contributed by atoms with van der Waals surface area (Å²) in [4.78, 5) is 14.5. The lowest BCUT2D eigenvalue weighted by Gasteiger charge is -2.25. The van der Waals surface area contributed by atoms with Crippen LogP contribution in [0.4, 0.5) is 0 Å². The van der Waals surface area contributed by atoms with Crippen LogP contribution in [0.3, 0.4) is 0 Å². The molecule has 0 spiro atoms. The number of aromatic amines is 1. The number of carbonyl (C=O) groups excluding carboxylic acids is 1. The third-order valence-corrected chi connectivity index (χ3v) is 4.14. The van der Waals surface area contributed by atoms with E-state index in [1.165, 1.54) is 5.56 Å². The molecule has 0 aliphatic carbocycles. The second-order valence-electron chi connectivity index (χ2n) is 6.24. The Bertz CT molecular complexity index is 819. The first-order valence-electron chi connectivity index (χ1n) is 8.15. The van der Waals surface area contributed by atoms with Gasteiger partial charge in [0.25, 0.3) is 5.91 Å². The largest absolute Gasteiger partial charge is 0.463 e. The van der Waals surface area contributed by atoms with E-state index in [4.69, 9.17) is 4.42 Å². The first kappa shape index (κ1) is 17.0. The summed E-state index contributed by atoms with van der Waals surface area (Å²) in [5, 5.41) is 9.85. The fraction of sp³-hybridized carbons (Fsp3) is 0.263. The molecule has 3 aromatic rings. The molecule has 0 fully saturated rings. The summed E-state index contributed by atoms with van der Waals surface area (Å²) >= 11 is 0. The SMILES string of the molecule is Cc1ccc(C(CNC(=O)c2cc(-c3ccco3)[nH]n2)N(C)C)cc1. The second-order valence-corrected chi connectivity index (χ2v) is 6.24. The van der Waals surface area contributed by atoms with Crippen molar-refractivity contribution < 1.29 is 9.21 Å². The van der Waals surface area contributed by atoms with E-state index >= 15 is 0 Å². The Morgan fingerprint density at radius 1 is 1.28 bits per heavy atom. The number of aromatic nitrogens is 2. The summed E-state index contributed by atoms with van der Waals surface area (Å²) in [6.45, 7) is 2.56. The second kappa shape index (κ2) is 7.36. The first-order valence-corrected chi connectivity index (χ1v) is 8.15. The normalized spacial score (nSPS) is 12.3. The van der Waals surface area contributed by atoms with Gasteiger partial charge in [-0.1, -0.05) is 29.8 Å². The Hall–Kier alpha value is -2.86. The van der Waals surface area contributed by atoms with Crippen LogP contribution >= 0.6 is 0 Å². The molecule has 6 nitrogen and oxygen atoms in total. The topological polar surface area (TPSA) is 74.2 Å². The van der Waals surface area contributed by atoms with Crippen molar-refractivity contribution in [3.63, 3.8) is 0 Å². The lowest BCUT2D eigenvalue weighted by molar-refractivity contribution is 0.0937. The maximum absolute atomic E-state index is 12.4. The van der Waals surface area contributed by atoms with Crippen LogP contribution < -0.4 is 5.32 Å². The zero-order valence-electron chi connectivity index (χ0n) is 14.6. The van der Waals surface area contributed by atoms with Gasteiger partial charge in [-0.3, -0.25) is 9.89 Å². The summed E-state index contributed by atoms with van der Waals surface area (Å²) in [6, 6.07) is 13.7. The molecule has 1 aromatic carbocycles. The molecule has 0 radical (unpaired) electrons. The van der Waals surface area contributed by atoms with Gasteiger partial charge >= 0.3 is 0 Å². The molecule has 2 N–H and O–H groups in total. The van der Waals surface area contributed by atoms with Gasteiger partial charge in [-0.2, -0.15) is 5.10 Å². The molecule has 0 saturated carbocycles. The van der Waals surface area contributed by atoms with Gasteiger partial charge in [0.1, 0.15) is 5.69 Å². The molecule has 2 aromatic heterocycles. The lowest BCUT2D eigenvalue weighted by atomic mass is 10.0. The minimum Gasteiger partial charge on any atom is -0.463 e. The number of amides is 1. The van der Waals surface area contributed by atoms with Gasteiger partial charge in [-0.05, 0) is 38.7 Å². The van der Waals surface area contributed by atoms with Crippen molar-refractivity contribution in [2.45, 2.75) is 13.0 Å². The van der Waals surface area contributed by atoms with E-state index in [0.717, 1.165) is 5.56 Å². The zero-order valence-corrected chi connectivity index (χ0v) is 14.6. The number of benzene rings is 1. The van der Waals surface area contributed by atoms with Crippen molar-refractivity contribution in [3.8, 4) is 11.5 Å². The predicted octanol–water partition coefficient (Wildman–Crippen LogP) is 3.01. The van der Waals surface area contributed by atoms with Crippen LogP contribution in [0.15, 0.2) is 53.1 Å². The van der Waals surface area contributed by atoms with Crippen molar-refractivity contribution in [1.29, 1.82) is 0 Å². The Kier molecular flexibility index (Phi) is 5.00. The van der Waals surface area contributed by atoms with E-state index in [1.54, 1.807) is 18.4 Å². The number of rotatable bonds is 6. The third kappa shape index (κ3) is 3.97. The number of hydrogen-bond donors (Lipinski definition) is 2. The highest BCUT2D eigenvalue weighted by Gasteiger charge is 2.17. The molecule has 3 rings (SSSR count). The van der Waals surface area contributed by atoms with E-state index in [-0.39, 0.29) is 11.9 Å². The minimum atomic E-state index is -0.215. The standard InChI is InChI=1S/C19H22N4O2/c1-13-6-8-14(9-7-13)17(23(2)3)12-20-19(24)16-11-15(21-22-16)18-5-4-10-25-18/h4-11,17H,12H2,1-3H3,(H,20,24)(H,21,22). The quantitative estimate of drug-likeness (QED) is 0.724. The Morgan fingerprint density at radius 3 is 2.68 bits per heavy atom. The molecule has 0 aliphatic rings. The number of carbonyl (C=O) groups is 1. The van der Waals surface area contributed by atoms with Gasteiger partial charge in [-0.15, -0.1) is 0 Å². The molecule has 1 atom stereocenters. The number of furan rings is 1. The Morgan fingerprint density at radius 2 is 2.04 bits per heavy atom. The molecule has 0 aliphatic heterocycles. The fourth-order valence-corrected chi connectivity index (χ4v) is 2.66. The number of nitrogens with one attached hydrogen (secondary N) is 2. The number of H-pyrrole nitrogens is 1. The van der Waals surface area contributed by atoms with E-state index in [9.17, 15) is 4.79 Å². The molecule has 25 heavy (non-hydrogen) atoms. The molecule has 0 saturated heterocycles. The average molecular weight is 338 g/mol. The molecular weight excluding hydrogens is 316 g/mol. The van der Waals surface area contributed by atoms with Gasteiger partial charge < -0.3 is 14.6 Å². The smallest absolute Gasteiger partial charge is 0.271 e. The summed E-state index contributed by atoms with van der Waals surface area (Å²) in [5.41, 5.74) is 3.40. The summed E-state index contributed by atoms with van der Waals surface area (Å²) in [5.74, 6) is 0.436. The average Bonchev–Trinajstić information content (AvgIpc) is 3.27. The van der Waals surface area contributed by atoms with Crippen molar-refractivity contribution in [1.82, 2.24) is 20.4 Å². The van der Waals surface area contributed by atoms with Gasteiger partial charge in [0, 0.05) is 12.6 Å². The summed E-state index contributed by atoms with van der Waals surface area (Å²) in [6.07, 6.45) is 1.58. The van der Waals surface area contributed by atoms with Crippen LogP contribution in [0.1, 0.15) is 27.7 Å². The first-order chi connectivity index (χ1) is 12.0. The van der Waals surface area contributed by atoms with Crippen LogP contribution in [-0.4, -0.2) is 41.6 Å². The van der Waals surface area contributed by atoms with Crippen LogP contribution in [-0.2, 0) is 0 Å². The number of hydrogen-bond acceptors (Lipinski definition) is 4. The van der Waals surface area contributed by atoms with Crippen molar-refractivity contribution in [3.05, 3.63) is 65.5 Å². The number of aryl methyl sites for hydroxylation is 1. The molecular formula is C19H22N4O2. The molecule has 1 amide bonds. The highest BCUT2D eigenvalue weighted by Crippen LogP contribution is 2.19. The van der Waals surface area contributed by atoms with Crippen LogP contribution in [0.2, 0.25) is 0 Å². The van der Waals surface area contributed by atoms with Crippen molar-refractivity contribution >= 4 is 5.91 Å². The maximum Gasteiger partial charge on any atom is 0.271 e. The highest BCUT2D eigenvalue weighted by molar-refractivity contribution is 5.93. The maximum atomic E-state index is 12.4. The number of nitrogens with zero attached hydrogens (tertiary/aromatic N) is 2. The molecule has 6 heteroatoms. The monoisotopic (exact) mass is 338 g/mol. The third-order valence-electron chi connectivity index (χ3n) is 4.14. The summed E-state index contributed by atoms with van der Waals surface area (Å²) in [7, 11) is 4.00. The van der Waals surface area contributed by atoms with Gasteiger partial charge in [0.05, 0.1) is 12.3 Å². The summed E-state index contributed by atoms with van der Waals surface area (Å²) < 4.78 is 5.30. The fourth-order valence-electron chi connectivity index (χ4n) is 2.66. The predicted molar refractivity (Wildman–Crippen MR) is 96.2 cm³/mol. The van der Waals surface area contributed by atoms with E-state index in [1.807, 2.05) is 20.2 Å². The Labute approximate surface area is 146 Å². The van der Waals surface area contributed by atoms with Gasteiger partial charge in [-0.25, -0.2) is 0 Å².